The van der Waals surface area contributed by atoms with Gasteiger partial charge in [0.2, 0.25) is 0 Å². The van der Waals surface area contributed by atoms with Crippen LogP contribution in [0.3, 0.4) is 0 Å². The molecule has 2 rings (SSSR count). The minimum atomic E-state index is -0.957. The van der Waals surface area contributed by atoms with E-state index in [1.165, 1.54) is 30.9 Å². The summed E-state index contributed by atoms with van der Waals surface area (Å²) in [6.45, 7) is 2.22. The summed E-state index contributed by atoms with van der Waals surface area (Å²) in [5.41, 5.74) is 3.48. The van der Waals surface area contributed by atoms with Crippen molar-refractivity contribution in [2.45, 2.75) is 39.0 Å². The summed E-state index contributed by atoms with van der Waals surface area (Å²) < 4.78 is 0. The van der Waals surface area contributed by atoms with Gasteiger partial charge in [-0.15, -0.1) is 0 Å². The summed E-state index contributed by atoms with van der Waals surface area (Å²) >= 11 is 0. The molecule has 0 aliphatic rings. The van der Waals surface area contributed by atoms with E-state index in [1.807, 2.05) is 18.5 Å². The van der Waals surface area contributed by atoms with Crippen LogP contribution in [0.1, 0.15) is 37.6 Å². The van der Waals surface area contributed by atoms with Gasteiger partial charge in [-0.05, 0) is 24.0 Å². The summed E-state index contributed by atoms with van der Waals surface area (Å²) in [7, 11) is 0. The van der Waals surface area contributed by atoms with Crippen LogP contribution in [0.5, 0.6) is 0 Å². The topological polar surface area (TPSA) is 63.1 Å². The molecule has 4 nitrogen and oxygen atoms in total. The van der Waals surface area contributed by atoms with Gasteiger partial charge in [0.05, 0.1) is 0 Å². The lowest BCUT2D eigenvalue weighted by atomic mass is 10.0. The first-order valence-corrected chi connectivity index (χ1v) is 8.65. The largest absolute Gasteiger partial charge is 0.478 e. The van der Waals surface area contributed by atoms with E-state index in [0.717, 1.165) is 23.6 Å². The zero-order chi connectivity index (χ0) is 17.9. The lowest BCUT2D eigenvalue weighted by Gasteiger charge is -2.04. The third-order valence-corrected chi connectivity index (χ3v) is 3.85. The first-order valence-electron chi connectivity index (χ1n) is 8.65. The smallest absolute Gasteiger partial charge is 0.328 e. The minimum absolute atomic E-state index is 0.570. The number of benzene rings is 1. The van der Waals surface area contributed by atoms with Crippen molar-refractivity contribution in [3.8, 4) is 11.1 Å². The second kappa shape index (κ2) is 10.2. The van der Waals surface area contributed by atoms with Crippen LogP contribution in [0.4, 0.5) is 0 Å². The van der Waals surface area contributed by atoms with E-state index < -0.39 is 5.97 Å². The normalized spacial score (nSPS) is 11.4. The lowest BCUT2D eigenvalue weighted by molar-refractivity contribution is -0.131. The number of carboxylic acids is 1. The second-order valence-electron chi connectivity index (χ2n) is 5.87. The third kappa shape index (κ3) is 6.71. The van der Waals surface area contributed by atoms with E-state index in [2.05, 4.69) is 41.2 Å². The zero-order valence-electron chi connectivity index (χ0n) is 14.6. The quantitative estimate of drug-likeness (QED) is 0.412. The van der Waals surface area contributed by atoms with Gasteiger partial charge in [-0.25, -0.2) is 14.8 Å². The Labute approximate surface area is 149 Å². The molecule has 0 saturated heterocycles. The first kappa shape index (κ1) is 18.6. The Hall–Kier alpha value is -2.75. The first-order chi connectivity index (χ1) is 12.2. The number of aryl methyl sites for hydroxylation is 1. The molecule has 1 N–H and O–H groups in total. The van der Waals surface area contributed by atoms with Crippen molar-refractivity contribution in [1.29, 1.82) is 0 Å². The van der Waals surface area contributed by atoms with Crippen LogP contribution in [0.15, 0.2) is 61.0 Å². The fourth-order valence-corrected chi connectivity index (χ4v) is 2.44. The minimum Gasteiger partial charge on any atom is -0.478 e. The Morgan fingerprint density at radius 3 is 2.40 bits per heavy atom. The summed E-state index contributed by atoms with van der Waals surface area (Å²) in [5, 5.41) is 8.49. The highest BCUT2D eigenvalue weighted by molar-refractivity contribution is 5.80. The van der Waals surface area contributed by atoms with Gasteiger partial charge in [0, 0.05) is 30.5 Å². The molecule has 0 amide bonds. The number of carboxylic acid groups (broad SMARTS) is 1. The molecule has 0 spiro atoms. The lowest BCUT2D eigenvalue weighted by Crippen LogP contribution is -1.93. The molecule has 130 valence electrons. The van der Waals surface area contributed by atoms with Gasteiger partial charge in [0.25, 0.3) is 0 Å². The predicted molar refractivity (Wildman–Crippen MR) is 100 cm³/mol. The van der Waals surface area contributed by atoms with Gasteiger partial charge in [-0.1, -0.05) is 62.3 Å². The number of carbonyl (C=O) groups is 1. The van der Waals surface area contributed by atoms with Crippen molar-refractivity contribution >= 4 is 5.97 Å². The van der Waals surface area contributed by atoms with E-state index in [4.69, 9.17) is 5.11 Å². The average Bonchev–Trinajstić information content (AvgIpc) is 2.63. The molecule has 0 unspecified atom stereocenters. The number of allylic oxidation sites excluding steroid dienone is 3. The van der Waals surface area contributed by atoms with Crippen molar-refractivity contribution in [2.75, 3.05) is 0 Å². The second-order valence-corrected chi connectivity index (χ2v) is 5.87. The third-order valence-electron chi connectivity index (χ3n) is 3.85. The Balaban J connectivity index is 1.91. The maximum absolute atomic E-state index is 10.3. The molecule has 0 aliphatic heterocycles. The van der Waals surface area contributed by atoms with E-state index in [1.54, 1.807) is 6.08 Å². The van der Waals surface area contributed by atoms with Gasteiger partial charge in [0.1, 0.15) is 5.82 Å². The van der Waals surface area contributed by atoms with Crippen molar-refractivity contribution in [3.05, 3.63) is 72.4 Å². The molecule has 1 heterocycles. The number of aromatic nitrogens is 2. The van der Waals surface area contributed by atoms with Crippen molar-refractivity contribution in [1.82, 2.24) is 9.97 Å². The maximum Gasteiger partial charge on any atom is 0.328 e. The van der Waals surface area contributed by atoms with Crippen LogP contribution in [0.2, 0.25) is 0 Å². The molecule has 25 heavy (non-hydrogen) atoms. The molecular weight excluding hydrogens is 312 g/mol. The molecule has 1 aromatic heterocycles. The van der Waals surface area contributed by atoms with Gasteiger partial charge in [-0.3, -0.25) is 0 Å². The average molecular weight is 336 g/mol. The number of nitrogens with zero attached hydrogens (tertiary/aromatic N) is 2. The van der Waals surface area contributed by atoms with Crippen LogP contribution < -0.4 is 0 Å². The van der Waals surface area contributed by atoms with Crippen LogP contribution in [-0.2, 0) is 17.6 Å². The highest BCUT2D eigenvalue weighted by atomic mass is 16.4. The van der Waals surface area contributed by atoms with E-state index in [9.17, 15) is 4.79 Å². The van der Waals surface area contributed by atoms with Crippen molar-refractivity contribution in [3.63, 3.8) is 0 Å². The molecule has 1 aromatic carbocycles. The van der Waals surface area contributed by atoms with E-state index in [0.29, 0.717) is 12.2 Å². The molecule has 0 saturated carbocycles. The summed E-state index contributed by atoms with van der Waals surface area (Å²) in [6.07, 6.45) is 15.2. The molecule has 4 heteroatoms. The van der Waals surface area contributed by atoms with Gasteiger partial charge in [0.15, 0.2) is 0 Å². The predicted octanol–water partition coefficient (Wildman–Crippen LogP) is 4.62. The summed E-state index contributed by atoms with van der Waals surface area (Å²) in [5.74, 6) is -0.249. The van der Waals surface area contributed by atoms with Gasteiger partial charge >= 0.3 is 5.97 Å². The number of rotatable bonds is 9. The summed E-state index contributed by atoms with van der Waals surface area (Å²) in [6, 6.07) is 8.60. The molecule has 0 fully saturated rings. The van der Waals surface area contributed by atoms with Crippen molar-refractivity contribution < 1.29 is 9.90 Å². The maximum atomic E-state index is 10.3. The molecule has 0 bridgehead atoms. The fraction of sp³-hybridized carbons (Fsp3) is 0.286. The number of aliphatic carboxylic acids is 1. The molecular formula is C21H24N2O2. The number of unbranched alkanes of at least 4 members (excludes halogenated alkanes) is 2. The van der Waals surface area contributed by atoms with Crippen LogP contribution in [0, 0.1) is 0 Å². The zero-order valence-corrected chi connectivity index (χ0v) is 14.6. The Morgan fingerprint density at radius 2 is 1.76 bits per heavy atom. The SMILES string of the molecule is CCCCCc1ccc(-c2cnc(C/C=C/C=C/C(=O)O)nc2)cc1. The fourth-order valence-electron chi connectivity index (χ4n) is 2.44. The highest BCUT2D eigenvalue weighted by Gasteiger charge is 2.01. The number of hydrogen-bond acceptors (Lipinski definition) is 3. The van der Waals surface area contributed by atoms with Crippen molar-refractivity contribution in [2.24, 2.45) is 0 Å². The van der Waals surface area contributed by atoms with Gasteiger partial charge < -0.3 is 5.11 Å². The van der Waals surface area contributed by atoms with E-state index in [-0.39, 0.29) is 0 Å². The Bertz CT molecular complexity index is 717. The molecule has 2 aromatic rings. The number of hydrogen-bond donors (Lipinski definition) is 1. The highest BCUT2D eigenvalue weighted by Crippen LogP contribution is 2.19. The standard InChI is InChI=1S/C21H24N2O2/c1-2-3-5-8-17-11-13-18(14-12-17)19-15-22-20(23-16-19)9-6-4-7-10-21(24)25/h4,6-7,10-16H,2-3,5,8-9H2,1H3,(H,24,25)/b6-4+,10-7+. The van der Waals surface area contributed by atoms with E-state index >= 15 is 0 Å². The Kier molecular flexibility index (Phi) is 7.57. The summed E-state index contributed by atoms with van der Waals surface area (Å²) in [4.78, 5) is 19.1. The van der Waals surface area contributed by atoms with Crippen LogP contribution in [0.25, 0.3) is 11.1 Å². The van der Waals surface area contributed by atoms with Gasteiger partial charge in [-0.2, -0.15) is 0 Å². The molecule has 0 aliphatic carbocycles. The van der Waals surface area contributed by atoms with Crippen LogP contribution >= 0.6 is 0 Å². The molecule has 0 atom stereocenters. The van der Waals surface area contributed by atoms with Crippen LogP contribution in [-0.4, -0.2) is 21.0 Å². The monoisotopic (exact) mass is 336 g/mol. The molecule has 0 radical (unpaired) electrons. The Morgan fingerprint density at radius 1 is 1.04 bits per heavy atom.